The Morgan fingerprint density at radius 2 is 1.86 bits per heavy atom. The topological polar surface area (TPSA) is 44.6 Å². The van der Waals surface area contributed by atoms with Crippen LogP contribution in [0.15, 0.2) is 30.5 Å². The third kappa shape index (κ3) is 4.03. The molecule has 0 radical (unpaired) electrons. The molecule has 4 rings (SSSR count). The Balaban J connectivity index is 1.39. The van der Waals surface area contributed by atoms with Crippen molar-refractivity contribution in [2.45, 2.75) is 26.9 Å². The Bertz CT molecular complexity index is 841. The van der Waals surface area contributed by atoms with Crippen LogP contribution < -0.4 is 4.90 Å². The van der Waals surface area contributed by atoms with Gasteiger partial charge in [0, 0.05) is 52.0 Å². The third-order valence-corrected chi connectivity index (χ3v) is 5.80. The van der Waals surface area contributed by atoms with Crippen LogP contribution in [-0.2, 0) is 13.1 Å². The number of imidazole rings is 1. The van der Waals surface area contributed by atoms with Crippen molar-refractivity contribution in [1.29, 1.82) is 0 Å². The molecule has 0 aliphatic carbocycles. The SMILES string of the molecule is CC(C)CN1CCn2cc(C(=O)N3CCN(c4ccccc4Cl)CC3)nc2C1. The Labute approximate surface area is 171 Å². The minimum Gasteiger partial charge on any atom is -0.367 e. The third-order valence-electron chi connectivity index (χ3n) is 5.48. The van der Waals surface area contributed by atoms with E-state index in [0.717, 1.165) is 55.8 Å². The van der Waals surface area contributed by atoms with Crippen molar-refractivity contribution in [2.24, 2.45) is 5.92 Å². The number of benzene rings is 1. The van der Waals surface area contributed by atoms with E-state index < -0.39 is 0 Å². The summed E-state index contributed by atoms with van der Waals surface area (Å²) in [6, 6.07) is 7.88. The highest BCUT2D eigenvalue weighted by Crippen LogP contribution is 2.26. The smallest absolute Gasteiger partial charge is 0.274 e. The van der Waals surface area contributed by atoms with Gasteiger partial charge in [0.1, 0.15) is 11.5 Å². The van der Waals surface area contributed by atoms with Crippen LogP contribution >= 0.6 is 11.6 Å². The summed E-state index contributed by atoms with van der Waals surface area (Å²) >= 11 is 6.31. The standard InChI is InChI=1S/C21H28ClN5O/c1-16(2)13-24-7-8-27-14-18(23-20(27)15-24)21(28)26-11-9-25(10-12-26)19-6-4-3-5-17(19)22/h3-6,14,16H,7-13,15H2,1-2H3. The number of hydrogen-bond acceptors (Lipinski definition) is 4. The number of piperazine rings is 1. The number of carbonyl (C=O) groups excluding carboxylic acids is 1. The fraction of sp³-hybridized carbons (Fsp3) is 0.524. The molecule has 1 aromatic heterocycles. The minimum absolute atomic E-state index is 0.0381. The number of fused-ring (bicyclic) bond motifs is 1. The van der Waals surface area contributed by atoms with Gasteiger partial charge in [0.2, 0.25) is 0 Å². The number of para-hydroxylation sites is 1. The molecule has 3 heterocycles. The lowest BCUT2D eigenvalue weighted by Crippen LogP contribution is -2.49. The van der Waals surface area contributed by atoms with Crippen molar-refractivity contribution in [1.82, 2.24) is 19.4 Å². The average molecular weight is 402 g/mol. The first-order valence-corrected chi connectivity index (χ1v) is 10.5. The van der Waals surface area contributed by atoms with E-state index in [-0.39, 0.29) is 5.91 Å². The molecule has 2 aliphatic rings. The van der Waals surface area contributed by atoms with Crippen LogP contribution in [0, 0.1) is 5.92 Å². The van der Waals surface area contributed by atoms with E-state index in [9.17, 15) is 4.79 Å². The number of rotatable bonds is 4. The maximum absolute atomic E-state index is 13.0. The van der Waals surface area contributed by atoms with E-state index in [1.54, 1.807) is 0 Å². The second-order valence-electron chi connectivity index (χ2n) is 8.10. The molecule has 0 saturated carbocycles. The van der Waals surface area contributed by atoms with Gasteiger partial charge in [0.05, 0.1) is 17.3 Å². The van der Waals surface area contributed by atoms with E-state index in [2.05, 4.69) is 33.2 Å². The molecular formula is C21H28ClN5O. The van der Waals surface area contributed by atoms with Crippen LogP contribution in [0.2, 0.25) is 5.02 Å². The van der Waals surface area contributed by atoms with E-state index >= 15 is 0 Å². The zero-order valence-corrected chi connectivity index (χ0v) is 17.4. The number of hydrogen-bond donors (Lipinski definition) is 0. The molecule has 1 fully saturated rings. The molecule has 0 atom stereocenters. The highest BCUT2D eigenvalue weighted by Gasteiger charge is 2.27. The van der Waals surface area contributed by atoms with Crippen molar-refractivity contribution < 1.29 is 4.79 Å². The first kappa shape index (κ1) is 19.3. The maximum atomic E-state index is 13.0. The number of amides is 1. The molecule has 1 amide bonds. The quantitative estimate of drug-likeness (QED) is 0.790. The fourth-order valence-electron chi connectivity index (χ4n) is 4.10. The van der Waals surface area contributed by atoms with Crippen LogP contribution in [0.3, 0.4) is 0 Å². The van der Waals surface area contributed by atoms with Gasteiger partial charge in [-0.05, 0) is 18.1 Å². The monoisotopic (exact) mass is 401 g/mol. The van der Waals surface area contributed by atoms with E-state index in [0.29, 0.717) is 24.7 Å². The van der Waals surface area contributed by atoms with Crippen molar-refractivity contribution in [3.63, 3.8) is 0 Å². The molecule has 1 saturated heterocycles. The summed E-state index contributed by atoms with van der Waals surface area (Å²) in [6.45, 7) is 11.2. The molecular weight excluding hydrogens is 374 g/mol. The number of anilines is 1. The first-order chi connectivity index (χ1) is 13.5. The summed E-state index contributed by atoms with van der Waals surface area (Å²) in [6.07, 6.45) is 1.94. The van der Waals surface area contributed by atoms with Crippen LogP contribution in [0.5, 0.6) is 0 Å². The first-order valence-electron chi connectivity index (χ1n) is 10.1. The highest BCUT2D eigenvalue weighted by molar-refractivity contribution is 6.33. The van der Waals surface area contributed by atoms with E-state index in [1.165, 1.54) is 0 Å². The van der Waals surface area contributed by atoms with Crippen LogP contribution in [0.25, 0.3) is 0 Å². The number of aromatic nitrogens is 2. The molecule has 0 unspecified atom stereocenters. The molecule has 6 nitrogen and oxygen atoms in total. The number of halogens is 1. The lowest BCUT2D eigenvalue weighted by Gasteiger charge is -2.36. The molecule has 150 valence electrons. The van der Waals surface area contributed by atoms with Gasteiger partial charge in [-0.25, -0.2) is 4.98 Å². The Kier molecular flexibility index (Phi) is 5.60. The molecule has 2 aliphatic heterocycles. The molecule has 0 N–H and O–H groups in total. The average Bonchev–Trinajstić information content (AvgIpc) is 3.11. The van der Waals surface area contributed by atoms with Crippen molar-refractivity contribution in [3.8, 4) is 0 Å². The predicted molar refractivity (Wildman–Crippen MR) is 112 cm³/mol. The van der Waals surface area contributed by atoms with Gasteiger partial charge in [0.25, 0.3) is 5.91 Å². The van der Waals surface area contributed by atoms with Crippen molar-refractivity contribution in [3.05, 3.63) is 47.0 Å². The maximum Gasteiger partial charge on any atom is 0.274 e. The van der Waals surface area contributed by atoms with Gasteiger partial charge in [-0.2, -0.15) is 0 Å². The van der Waals surface area contributed by atoms with Gasteiger partial charge in [0.15, 0.2) is 0 Å². The summed E-state index contributed by atoms with van der Waals surface area (Å²) in [4.78, 5) is 24.2. The molecule has 28 heavy (non-hydrogen) atoms. The largest absolute Gasteiger partial charge is 0.367 e. The van der Waals surface area contributed by atoms with Gasteiger partial charge in [-0.1, -0.05) is 37.6 Å². The summed E-state index contributed by atoms with van der Waals surface area (Å²) < 4.78 is 2.14. The molecule has 2 aromatic rings. The second kappa shape index (κ2) is 8.13. The Morgan fingerprint density at radius 3 is 2.57 bits per heavy atom. The summed E-state index contributed by atoms with van der Waals surface area (Å²) in [5.74, 6) is 1.68. The normalized spacial score (nSPS) is 17.9. The van der Waals surface area contributed by atoms with Gasteiger partial charge in [-0.15, -0.1) is 0 Å². The summed E-state index contributed by atoms with van der Waals surface area (Å²) in [7, 11) is 0. The predicted octanol–water partition coefficient (Wildman–Crippen LogP) is 2.97. The minimum atomic E-state index is 0.0381. The van der Waals surface area contributed by atoms with Gasteiger partial charge < -0.3 is 14.4 Å². The molecule has 0 spiro atoms. The molecule has 0 bridgehead atoms. The summed E-state index contributed by atoms with van der Waals surface area (Å²) in [5.41, 5.74) is 1.62. The lowest BCUT2D eigenvalue weighted by molar-refractivity contribution is 0.0741. The summed E-state index contributed by atoms with van der Waals surface area (Å²) in [5, 5.41) is 0.759. The van der Waals surface area contributed by atoms with Crippen LogP contribution in [-0.4, -0.2) is 64.5 Å². The van der Waals surface area contributed by atoms with Crippen LogP contribution in [0.1, 0.15) is 30.2 Å². The second-order valence-corrected chi connectivity index (χ2v) is 8.50. The van der Waals surface area contributed by atoms with Crippen molar-refractivity contribution >= 4 is 23.2 Å². The number of nitrogens with zero attached hydrogens (tertiary/aromatic N) is 5. The Hall–Kier alpha value is -2.05. The Morgan fingerprint density at radius 1 is 1.11 bits per heavy atom. The zero-order valence-electron chi connectivity index (χ0n) is 16.6. The van der Waals surface area contributed by atoms with Gasteiger partial charge >= 0.3 is 0 Å². The fourth-order valence-corrected chi connectivity index (χ4v) is 4.35. The van der Waals surface area contributed by atoms with E-state index in [1.807, 2.05) is 35.4 Å². The highest BCUT2D eigenvalue weighted by atomic mass is 35.5. The molecule has 7 heteroatoms. The lowest BCUT2D eigenvalue weighted by atomic mass is 10.2. The van der Waals surface area contributed by atoms with Crippen molar-refractivity contribution in [2.75, 3.05) is 44.2 Å². The van der Waals surface area contributed by atoms with Gasteiger partial charge in [-0.3, -0.25) is 9.69 Å². The zero-order chi connectivity index (χ0) is 19.7. The van der Waals surface area contributed by atoms with Crippen LogP contribution in [0.4, 0.5) is 5.69 Å². The molecule has 1 aromatic carbocycles. The van der Waals surface area contributed by atoms with E-state index in [4.69, 9.17) is 11.6 Å². The number of carbonyl (C=O) groups is 1.